The normalized spacial score (nSPS) is 14.2. The van der Waals surface area contributed by atoms with Gasteiger partial charge >= 0.3 is 0 Å². The van der Waals surface area contributed by atoms with Crippen LogP contribution in [0.15, 0.2) is 30.3 Å². The van der Waals surface area contributed by atoms with E-state index >= 15 is 0 Å². The number of nitrogens with one attached hydrogen (secondary N) is 1. The van der Waals surface area contributed by atoms with Crippen molar-refractivity contribution >= 4 is 0 Å². The van der Waals surface area contributed by atoms with Gasteiger partial charge in [0.25, 0.3) is 0 Å². The Morgan fingerprint density at radius 3 is 2.60 bits per heavy atom. The molecule has 80 valence electrons. The largest absolute Gasteiger partial charge is 0.387 e. The number of hydrogen-bond acceptors (Lipinski definition) is 2. The van der Waals surface area contributed by atoms with Gasteiger partial charge in [0.1, 0.15) is 0 Å². The minimum Gasteiger partial charge on any atom is -0.387 e. The van der Waals surface area contributed by atoms with Crippen molar-refractivity contribution in [2.75, 3.05) is 6.54 Å². The first-order chi connectivity index (χ1) is 7.27. The second-order valence-electron chi connectivity index (χ2n) is 3.46. The Kier molecular flexibility index (Phi) is 4.89. The summed E-state index contributed by atoms with van der Waals surface area (Å²) in [7, 11) is 0. The third kappa shape index (κ3) is 3.75. The molecule has 0 saturated carbocycles. The zero-order valence-corrected chi connectivity index (χ0v) is 8.98. The van der Waals surface area contributed by atoms with Crippen LogP contribution < -0.4 is 5.32 Å². The topological polar surface area (TPSA) is 32.3 Å². The summed E-state index contributed by atoms with van der Waals surface area (Å²) in [5.41, 5.74) is 0.914. The maximum absolute atomic E-state index is 9.83. The fourth-order valence-electron chi connectivity index (χ4n) is 1.37. The summed E-state index contributed by atoms with van der Waals surface area (Å²) in [6.07, 6.45) is 5.70. The van der Waals surface area contributed by atoms with E-state index in [9.17, 15) is 5.11 Å². The van der Waals surface area contributed by atoms with E-state index in [1.54, 1.807) is 0 Å². The smallest absolute Gasteiger partial charge is 0.0914 e. The zero-order valence-electron chi connectivity index (χ0n) is 8.98. The molecule has 1 rings (SSSR count). The van der Waals surface area contributed by atoms with Crippen LogP contribution in [0.1, 0.15) is 25.0 Å². The Morgan fingerprint density at radius 1 is 1.40 bits per heavy atom. The van der Waals surface area contributed by atoms with Crippen LogP contribution in [0.2, 0.25) is 0 Å². The monoisotopic (exact) mass is 203 g/mol. The number of aliphatic hydroxyl groups is 1. The zero-order chi connectivity index (χ0) is 11.1. The van der Waals surface area contributed by atoms with E-state index in [4.69, 9.17) is 6.42 Å². The van der Waals surface area contributed by atoms with Crippen LogP contribution in [-0.2, 0) is 0 Å². The minimum atomic E-state index is -0.492. The minimum absolute atomic E-state index is 0.0448. The molecule has 0 heterocycles. The highest BCUT2D eigenvalue weighted by molar-refractivity contribution is 5.17. The van der Waals surface area contributed by atoms with Crippen molar-refractivity contribution < 1.29 is 5.11 Å². The molecule has 0 aliphatic heterocycles. The van der Waals surface area contributed by atoms with Crippen LogP contribution in [0.3, 0.4) is 0 Å². The average Bonchev–Trinajstić information content (AvgIpc) is 2.31. The van der Waals surface area contributed by atoms with E-state index in [0.29, 0.717) is 6.54 Å². The SMILES string of the molecule is C#CC(CC)NCC(O)c1ccccc1. The molecule has 0 fully saturated rings. The van der Waals surface area contributed by atoms with Crippen LogP contribution in [-0.4, -0.2) is 17.7 Å². The summed E-state index contributed by atoms with van der Waals surface area (Å²) < 4.78 is 0. The molecule has 0 aromatic heterocycles. The molecular weight excluding hydrogens is 186 g/mol. The molecule has 0 amide bonds. The van der Waals surface area contributed by atoms with Crippen molar-refractivity contribution in [3.8, 4) is 12.3 Å². The standard InChI is InChI=1S/C13H17NO/c1-3-12(4-2)14-10-13(15)11-8-6-5-7-9-11/h1,5-9,12-15H,4,10H2,2H3. The molecule has 0 radical (unpaired) electrons. The van der Waals surface area contributed by atoms with E-state index < -0.39 is 6.10 Å². The van der Waals surface area contributed by atoms with Gasteiger partial charge in [0, 0.05) is 6.54 Å². The van der Waals surface area contributed by atoms with Crippen molar-refractivity contribution in [2.45, 2.75) is 25.5 Å². The van der Waals surface area contributed by atoms with Gasteiger partial charge in [-0.15, -0.1) is 6.42 Å². The molecule has 2 N–H and O–H groups in total. The van der Waals surface area contributed by atoms with E-state index in [-0.39, 0.29) is 6.04 Å². The lowest BCUT2D eigenvalue weighted by molar-refractivity contribution is 0.172. The highest BCUT2D eigenvalue weighted by Crippen LogP contribution is 2.10. The third-order valence-corrected chi connectivity index (χ3v) is 2.35. The van der Waals surface area contributed by atoms with Crippen LogP contribution >= 0.6 is 0 Å². The Morgan fingerprint density at radius 2 is 2.07 bits per heavy atom. The van der Waals surface area contributed by atoms with Crippen molar-refractivity contribution in [1.29, 1.82) is 0 Å². The first-order valence-electron chi connectivity index (χ1n) is 5.20. The summed E-state index contributed by atoms with van der Waals surface area (Å²) >= 11 is 0. The molecule has 0 spiro atoms. The number of benzene rings is 1. The molecule has 2 nitrogen and oxygen atoms in total. The van der Waals surface area contributed by atoms with Crippen LogP contribution in [0.25, 0.3) is 0 Å². The first-order valence-corrected chi connectivity index (χ1v) is 5.20. The summed E-state index contributed by atoms with van der Waals surface area (Å²) in [6.45, 7) is 2.51. The molecule has 0 saturated heterocycles. The maximum Gasteiger partial charge on any atom is 0.0914 e. The van der Waals surface area contributed by atoms with Gasteiger partial charge in [-0.25, -0.2) is 0 Å². The van der Waals surface area contributed by atoms with Gasteiger partial charge in [-0.1, -0.05) is 43.2 Å². The van der Waals surface area contributed by atoms with Gasteiger partial charge in [0.05, 0.1) is 12.1 Å². The third-order valence-electron chi connectivity index (χ3n) is 2.35. The average molecular weight is 203 g/mol. The fourth-order valence-corrected chi connectivity index (χ4v) is 1.37. The summed E-state index contributed by atoms with van der Waals surface area (Å²) in [4.78, 5) is 0. The molecule has 0 aliphatic rings. The highest BCUT2D eigenvalue weighted by Gasteiger charge is 2.08. The first kappa shape index (κ1) is 11.8. The Labute approximate surface area is 91.3 Å². The van der Waals surface area contributed by atoms with Gasteiger partial charge in [-0.05, 0) is 12.0 Å². The summed E-state index contributed by atoms with van der Waals surface area (Å²) in [5.74, 6) is 2.64. The lowest BCUT2D eigenvalue weighted by Gasteiger charge is -2.15. The van der Waals surface area contributed by atoms with E-state index in [1.807, 2.05) is 37.3 Å². The number of rotatable bonds is 5. The second kappa shape index (κ2) is 6.23. The predicted octanol–water partition coefficient (Wildman–Crippen LogP) is 1.72. The van der Waals surface area contributed by atoms with Crippen molar-refractivity contribution in [3.05, 3.63) is 35.9 Å². The van der Waals surface area contributed by atoms with E-state index in [2.05, 4.69) is 11.2 Å². The second-order valence-corrected chi connectivity index (χ2v) is 3.46. The molecule has 0 aliphatic carbocycles. The van der Waals surface area contributed by atoms with Crippen LogP contribution in [0.4, 0.5) is 0 Å². The maximum atomic E-state index is 9.83. The molecule has 0 bridgehead atoms. The van der Waals surface area contributed by atoms with Gasteiger partial charge in [0.2, 0.25) is 0 Å². The van der Waals surface area contributed by atoms with Gasteiger partial charge < -0.3 is 10.4 Å². The lowest BCUT2D eigenvalue weighted by atomic mass is 10.1. The number of hydrogen-bond donors (Lipinski definition) is 2. The summed E-state index contributed by atoms with van der Waals surface area (Å²) in [6, 6.07) is 9.61. The fraction of sp³-hybridized carbons (Fsp3) is 0.385. The van der Waals surface area contributed by atoms with E-state index in [1.165, 1.54) is 0 Å². The van der Waals surface area contributed by atoms with Crippen LogP contribution in [0.5, 0.6) is 0 Å². The van der Waals surface area contributed by atoms with E-state index in [0.717, 1.165) is 12.0 Å². The Hall–Kier alpha value is -1.30. The quantitative estimate of drug-likeness (QED) is 0.714. The lowest BCUT2D eigenvalue weighted by Crippen LogP contribution is -2.31. The van der Waals surface area contributed by atoms with Gasteiger partial charge in [-0.2, -0.15) is 0 Å². The molecule has 1 aromatic rings. The van der Waals surface area contributed by atoms with Crippen LogP contribution in [0, 0.1) is 12.3 Å². The van der Waals surface area contributed by atoms with Gasteiger partial charge in [0.15, 0.2) is 0 Å². The van der Waals surface area contributed by atoms with Crippen molar-refractivity contribution in [2.24, 2.45) is 0 Å². The Balaban J connectivity index is 2.44. The molecule has 2 unspecified atom stereocenters. The molecule has 2 atom stereocenters. The molecule has 15 heavy (non-hydrogen) atoms. The number of aliphatic hydroxyl groups excluding tert-OH is 1. The number of terminal acetylenes is 1. The Bertz CT molecular complexity index is 315. The molecule has 2 heteroatoms. The van der Waals surface area contributed by atoms with Crippen molar-refractivity contribution in [3.63, 3.8) is 0 Å². The van der Waals surface area contributed by atoms with Gasteiger partial charge in [-0.3, -0.25) is 0 Å². The molecule has 1 aromatic carbocycles. The van der Waals surface area contributed by atoms with Crippen molar-refractivity contribution in [1.82, 2.24) is 5.32 Å². The highest BCUT2D eigenvalue weighted by atomic mass is 16.3. The molecular formula is C13H17NO. The summed E-state index contributed by atoms with van der Waals surface area (Å²) in [5, 5.41) is 13.0. The predicted molar refractivity (Wildman–Crippen MR) is 62.3 cm³/mol.